The van der Waals surface area contributed by atoms with Crippen molar-refractivity contribution in [3.63, 3.8) is 0 Å². The van der Waals surface area contributed by atoms with Gasteiger partial charge in [0.05, 0.1) is 40.3 Å². The molecule has 0 bridgehead atoms. The van der Waals surface area contributed by atoms with Crippen LogP contribution in [0.25, 0.3) is 0 Å². The van der Waals surface area contributed by atoms with Crippen LogP contribution in [0.1, 0.15) is 45.7 Å². The monoisotopic (exact) mass is 617 g/mol. The molecule has 0 spiro atoms. The number of nitrogens with zero attached hydrogens (tertiary/aromatic N) is 3. The van der Waals surface area contributed by atoms with Crippen LogP contribution in [-0.4, -0.2) is 23.4 Å². The van der Waals surface area contributed by atoms with Crippen LogP contribution >= 0.6 is 34.3 Å². The van der Waals surface area contributed by atoms with Crippen LogP contribution in [0, 0.1) is 0 Å². The topological polar surface area (TPSA) is 98.2 Å². The highest BCUT2D eigenvalue weighted by atomic mass is 127. The quantitative estimate of drug-likeness (QED) is 0.152. The summed E-state index contributed by atoms with van der Waals surface area (Å²) in [4.78, 5) is 13.3. The summed E-state index contributed by atoms with van der Waals surface area (Å²) in [7, 11) is 0. The Balaban J connectivity index is 1.72. The second-order valence-electron chi connectivity index (χ2n) is 7.80. The minimum Gasteiger partial charge on any atom is -0.755 e. The number of amides is 1. The predicted molar refractivity (Wildman–Crippen MR) is 147 cm³/mol. The van der Waals surface area contributed by atoms with Gasteiger partial charge in [-0.3, -0.25) is 13.3 Å². The Morgan fingerprint density at radius 1 is 1.06 bits per heavy atom. The molecular formula is C25H22IN4O3S2-. The molecule has 0 aliphatic carbocycles. The average Bonchev–Trinajstić information content (AvgIpc) is 3.32. The molecule has 4 rings (SSSR count). The van der Waals surface area contributed by atoms with Crippen LogP contribution in [0.4, 0.5) is 11.5 Å². The van der Waals surface area contributed by atoms with Crippen LogP contribution in [0.3, 0.4) is 0 Å². The van der Waals surface area contributed by atoms with E-state index in [-0.39, 0.29) is 29.0 Å². The smallest absolute Gasteiger partial charge is 0.253 e. The SMILES string of the molecule is CC(NC(=O)c1ccc(CI)cc1N(c1nsnc1Cc1ccccc1)S(=O)[O-])c1ccccc1. The maximum absolute atomic E-state index is 13.3. The normalized spacial score (nSPS) is 12.7. The number of halogens is 1. The lowest BCUT2D eigenvalue weighted by molar-refractivity contribution is 0.0940. The summed E-state index contributed by atoms with van der Waals surface area (Å²) in [5.41, 5.74) is 3.82. The highest BCUT2D eigenvalue weighted by Gasteiger charge is 2.25. The highest BCUT2D eigenvalue weighted by molar-refractivity contribution is 14.1. The van der Waals surface area contributed by atoms with E-state index in [0.717, 1.165) is 32.7 Å². The number of alkyl halides is 1. The molecule has 2 atom stereocenters. The molecule has 7 nitrogen and oxygen atoms in total. The molecule has 3 aromatic carbocycles. The third kappa shape index (κ3) is 6.13. The fourth-order valence-electron chi connectivity index (χ4n) is 3.64. The molecule has 0 radical (unpaired) electrons. The third-order valence-electron chi connectivity index (χ3n) is 5.42. The first-order valence-electron chi connectivity index (χ1n) is 10.8. The Labute approximate surface area is 224 Å². The van der Waals surface area contributed by atoms with Gasteiger partial charge in [0.1, 0.15) is 5.69 Å². The molecule has 180 valence electrons. The average molecular weight is 618 g/mol. The first-order valence-corrected chi connectivity index (χ1v) is 14.1. The molecule has 0 fully saturated rings. The maximum atomic E-state index is 13.3. The molecule has 0 saturated heterocycles. The zero-order valence-corrected chi connectivity index (χ0v) is 22.5. The lowest BCUT2D eigenvalue weighted by Crippen LogP contribution is -2.30. The van der Waals surface area contributed by atoms with E-state index in [9.17, 15) is 13.6 Å². The first kappa shape index (κ1) is 25.4. The molecule has 2 unspecified atom stereocenters. The second-order valence-corrected chi connectivity index (χ2v) is 9.89. The summed E-state index contributed by atoms with van der Waals surface area (Å²) in [6.45, 7) is 1.89. The van der Waals surface area contributed by atoms with Crippen molar-refractivity contribution in [1.82, 2.24) is 14.1 Å². The van der Waals surface area contributed by atoms with Crippen LogP contribution in [-0.2, 0) is 22.1 Å². The van der Waals surface area contributed by atoms with E-state index in [1.165, 1.54) is 0 Å². The molecule has 1 N–H and O–H groups in total. The van der Waals surface area contributed by atoms with Gasteiger partial charge in [0.2, 0.25) is 0 Å². The van der Waals surface area contributed by atoms with Crippen molar-refractivity contribution in [2.75, 3.05) is 4.31 Å². The van der Waals surface area contributed by atoms with Gasteiger partial charge in [-0.25, -0.2) is 0 Å². The fraction of sp³-hybridized carbons (Fsp3) is 0.160. The Kier molecular flexibility index (Phi) is 8.60. The van der Waals surface area contributed by atoms with Crippen molar-refractivity contribution < 1.29 is 13.6 Å². The fourth-order valence-corrected chi connectivity index (χ4v) is 5.32. The predicted octanol–water partition coefficient (Wildman–Crippen LogP) is 5.49. The molecular weight excluding hydrogens is 595 g/mol. The van der Waals surface area contributed by atoms with Gasteiger partial charge in [0.15, 0.2) is 5.82 Å². The van der Waals surface area contributed by atoms with Crippen molar-refractivity contribution in [1.29, 1.82) is 0 Å². The molecule has 35 heavy (non-hydrogen) atoms. The van der Waals surface area contributed by atoms with Crippen molar-refractivity contribution in [2.45, 2.75) is 23.8 Å². The summed E-state index contributed by atoms with van der Waals surface area (Å²) in [6.07, 6.45) is 0.416. The number of carbonyl (C=O) groups is 1. The number of aromatic nitrogens is 2. The molecule has 1 aromatic heterocycles. The molecule has 0 aliphatic rings. The molecule has 10 heteroatoms. The summed E-state index contributed by atoms with van der Waals surface area (Å²) >= 11 is 0.412. The van der Waals surface area contributed by atoms with E-state index in [2.05, 4.69) is 36.7 Å². The van der Waals surface area contributed by atoms with E-state index >= 15 is 0 Å². The first-order chi connectivity index (χ1) is 17.0. The van der Waals surface area contributed by atoms with Crippen LogP contribution in [0.15, 0.2) is 78.9 Å². The number of carbonyl (C=O) groups excluding carboxylic acids is 1. The Morgan fingerprint density at radius 3 is 2.40 bits per heavy atom. The Bertz CT molecular complexity index is 1320. The van der Waals surface area contributed by atoms with E-state index in [1.54, 1.807) is 12.1 Å². The standard InChI is InChI=1S/C25H23IN4O3S2/c1-17(20-10-6-3-7-11-20)27-25(31)21-13-12-19(16-26)15-23(21)30(35(32)33)24-22(28-34-29-24)14-18-8-4-2-5-9-18/h2-13,15,17H,14,16H2,1H3,(H,27,31)(H,32,33)/p-1. The second kappa shape index (κ2) is 11.8. The summed E-state index contributed by atoms with van der Waals surface area (Å²) in [6, 6.07) is 24.2. The Morgan fingerprint density at radius 2 is 1.74 bits per heavy atom. The molecule has 1 heterocycles. The van der Waals surface area contributed by atoms with E-state index in [0.29, 0.717) is 16.5 Å². The van der Waals surface area contributed by atoms with Gasteiger partial charge >= 0.3 is 0 Å². The number of benzene rings is 3. The van der Waals surface area contributed by atoms with E-state index in [1.807, 2.05) is 73.7 Å². The lowest BCUT2D eigenvalue weighted by atomic mass is 10.1. The summed E-state index contributed by atoms with van der Waals surface area (Å²) in [5.74, 6) is -0.178. The van der Waals surface area contributed by atoms with Crippen LogP contribution in [0.5, 0.6) is 0 Å². The lowest BCUT2D eigenvalue weighted by Gasteiger charge is -2.27. The molecule has 0 aliphatic heterocycles. The van der Waals surface area contributed by atoms with Crippen LogP contribution < -0.4 is 9.62 Å². The number of hydrogen-bond donors (Lipinski definition) is 1. The van der Waals surface area contributed by atoms with Gasteiger partial charge in [0.25, 0.3) is 5.91 Å². The summed E-state index contributed by atoms with van der Waals surface area (Å²) < 4.78 is 35.5. The minimum atomic E-state index is -2.73. The maximum Gasteiger partial charge on any atom is 0.253 e. The van der Waals surface area contributed by atoms with E-state index in [4.69, 9.17) is 0 Å². The molecule has 0 saturated carbocycles. The van der Waals surface area contributed by atoms with E-state index < -0.39 is 11.3 Å². The van der Waals surface area contributed by atoms with Crippen molar-refractivity contribution >= 4 is 63.0 Å². The largest absolute Gasteiger partial charge is 0.755 e. The highest BCUT2D eigenvalue weighted by Crippen LogP contribution is 2.34. The van der Waals surface area contributed by atoms with Crippen molar-refractivity contribution in [2.24, 2.45) is 0 Å². The molecule has 4 aromatic rings. The zero-order chi connectivity index (χ0) is 24.8. The van der Waals surface area contributed by atoms with Gasteiger partial charge in [0, 0.05) is 10.8 Å². The number of anilines is 2. The van der Waals surface area contributed by atoms with Gasteiger partial charge in [-0.1, -0.05) is 89.3 Å². The summed E-state index contributed by atoms with van der Waals surface area (Å²) in [5, 5.41) is 2.98. The third-order valence-corrected chi connectivity index (χ3v) is 7.52. The zero-order valence-electron chi connectivity index (χ0n) is 18.8. The van der Waals surface area contributed by atoms with Crippen LogP contribution in [0.2, 0.25) is 0 Å². The minimum absolute atomic E-state index is 0.197. The van der Waals surface area contributed by atoms with Gasteiger partial charge in [-0.15, -0.1) is 0 Å². The number of nitrogens with one attached hydrogen (secondary N) is 1. The van der Waals surface area contributed by atoms with Crippen molar-refractivity contribution in [3.05, 3.63) is 107 Å². The Hall–Kier alpha value is -2.67. The van der Waals surface area contributed by atoms with Crippen molar-refractivity contribution in [3.8, 4) is 0 Å². The molecule has 1 amide bonds. The number of rotatable bonds is 9. The van der Waals surface area contributed by atoms with Gasteiger partial charge in [-0.05, 0) is 35.7 Å². The number of hydrogen-bond acceptors (Lipinski definition) is 6. The van der Waals surface area contributed by atoms with Gasteiger partial charge in [-0.2, -0.15) is 8.75 Å². The van der Waals surface area contributed by atoms with Gasteiger partial charge < -0.3 is 9.87 Å².